The highest BCUT2D eigenvalue weighted by molar-refractivity contribution is 5.90. The number of carbonyl (C=O) groups is 1. The summed E-state index contributed by atoms with van der Waals surface area (Å²) in [6.07, 6.45) is 0. The minimum atomic E-state index is -0.344. The van der Waals surface area contributed by atoms with Crippen molar-refractivity contribution in [3.63, 3.8) is 0 Å². The maximum atomic E-state index is 11.5. The first-order valence-electron chi connectivity index (χ1n) is 7.07. The van der Waals surface area contributed by atoms with Crippen molar-refractivity contribution in [3.8, 4) is 11.5 Å². The third-order valence-electron chi connectivity index (χ3n) is 3.39. The highest BCUT2D eigenvalue weighted by atomic mass is 16.6. The number of hydrogen-bond acceptors (Lipinski definition) is 5. The van der Waals surface area contributed by atoms with Gasteiger partial charge in [0.25, 0.3) is 0 Å². The van der Waals surface area contributed by atoms with E-state index < -0.39 is 0 Å². The highest BCUT2D eigenvalue weighted by Crippen LogP contribution is 2.30. The number of hydrogen-bond donors (Lipinski definition) is 1. The van der Waals surface area contributed by atoms with Gasteiger partial charge in [-0.2, -0.15) is 0 Å². The molecule has 1 aliphatic heterocycles. The molecule has 2 aromatic carbocycles. The number of esters is 1. The zero-order valence-corrected chi connectivity index (χ0v) is 12.3. The van der Waals surface area contributed by atoms with Crippen LogP contribution >= 0.6 is 0 Å². The molecule has 0 aliphatic carbocycles. The molecule has 0 aromatic heterocycles. The fraction of sp³-hybridized carbons (Fsp3) is 0.235. The molecule has 2 aromatic rings. The van der Waals surface area contributed by atoms with Crippen LogP contribution < -0.4 is 14.8 Å². The molecule has 0 amide bonds. The molecule has 0 saturated carbocycles. The zero-order chi connectivity index (χ0) is 15.4. The Bertz CT molecular complexity index is 684. The summed E-state index contributed by atoms with van der Waals surface area (Å²) in [5, 5.41) is 3.28. The molecule has 0 unspecified atom stereocenters. The number of rotatable bonds is 4. The molecule has 0 atom stereocenters. The summed E-state index contributed by atoms with van der Waals surface area (Å²) >= 11 is 0. The van der Waals surface area contributed by atoms with Crippen LogP contribution in [0.15, 0.2) is 42.5 Å². The third-order valence-corrected chi connectivity index (χ3v) is 3.39. The monoisotopic (exact) mass is 299 g/mol. The molecule has 0 bridgehead atoms. The molecule has 1 aliphatic rings. The Morgan fingerprint density at radius 3 is 2.77 bits per heavy atom. The summed E-state index contributed by atoms with van der Waals surface area (Å²) in [4.78, 5) is 11.5. The SMILES string of the molecule is COC(=O)c1cccc(NCc2ccc3c(c2)OCCO3)c1. The van der Waals surface area contributed by atoms with E-state index in [9.17, 15) is 4.79 Å². The molecule has 0 fully saturated rings. The first-order chi connectivity index (χ1) is 10.8. The molecule has 22 heavy (non-hydrogen) atoms. The van der Waals surface area contributed by atoms with E-state index in [0.717, 1.165) is 22.7 Å². The normalized spacial score (nSPS) is 12.6. The predicted molar refractivity (Wildman–Crippen MR) is 82.5 cm³/mol. The van der Waals surface area contributed by atoms with Crippen molar-refractivity contribution in [2.24, 2.45) is 0 Å². The fourth-order valence-electron chi connectivity index (χ4n) is 2.28. The summed E-state index contributed by atoms with van der Waals surface area (Å²) in [7, 11) is 1.37. The van der Waals surface area contributed by atoms with Gasteiger partial charge in [0.15, 0.2) is 11.5 Å². The van der Waals surface area contributed by atoms with Gasteiger partial charge in [-0.3, -0.25) is 0 Å². The average molecular weight is 299 g/mol. The molecule has 3 rings (SSSR count). The van der Waals surface area contributed by atoms with Crippen molar-refractivity contribution in [1.29, 1.82) is 0 Å². The molecule has 0 radical (unpaired) electrons. The lowest BCUT2D eigenvalue weighted by atomic mass is 10.1. The summed E-state index contributed by atoms with van der Waals surface area (Å²) in [6.45, 7) is 1.79. The number of methoxy groups -OCH3 is 1. The Labute approximate surface area is 128 Å². The third kappa shape index (κ3) is 3.14. The van der Waals surface area contributed by atoms with Gasteiger partial charge in [-0.05, 0) is 35.9 Å². The number of ether oxygens (including phenoxy) is 3. The van der Waals surface area contributed by atoms with Crippen molar-refractivity contribution in [1.82, 2.24) is 0 Å². The minimum absolute atomic E-state index is 0.344. The minimum Gasteiger partial charge on any atom is -0.486 e. The Balaban J connectivity index is 1.68. The molecule has 114 valence electrons. The second kappa shape index (κ2) is 6.39. The highest BCUT2D eigenvalue weighted by Gasteiger charge is 2.11. The number of nitrogens with one attached hydrogen (secondary N) is 1. The number of fused-ring (bicyclic) bond motifs is 1. The van der Waals surface area contributed by atoms with E-state index in [-0.39, 0.29) is 5.97 Å². The number of benzene rings is 2. The quantitative estimate of drug-likeness (QED) is 0.880. The van der Waals surface area contributed by atoms with Crippen molar-refractivity contribution >= 4 is 11.7 Å². The maximum Gasteiger partial charge on any atom is 0.337 e. The second-order valence-electron chi connectivity index (χ2n) is 4.90. The first kappa shape index (κ1) is 14.3. The van der Waals surface area contributed by atoms with Gasteiger partial charge < -0.3 is 19.5 Å². The maximum absolute atomic E-state index is 11.5. The summed E-state index contributed by atoms with van der Waals surface area (Å²) < 4.78 is 15.8. The van der Waals surface area contributed by atoms with E-state index in [2.05, 4.69) is 5.32 Å². The molecule has 0 spiro atoms. The van der Waals surface area contributed by atoms with Gasteiger partial charge in [-0.1, -0.05) is 12.1 Å². The molecule has 1 heterocycles. The molecule has 5 heteroatoms. The van der Waals surface area contributed by atoms with E-state index in [1.165, 1.54) is 7.11 Å². The van der Waals surface area contributed by atoms with Crippen LogP contribution in [-0.2, 0) is 11.3 Å². The van der Waals surface area contributed by atoms with Crippen molar-refractivity contribution in [2.75, 3.05) is 25.6 Å². The van der Waals surface area contributed by atoms with Crippen LogP contribution in [0.2, 0.25) is 0 Å². The van der Waals surface area contributed by atoms with Crippen molar-refractivity contribution in [3.05, 3.63) is 53.6 Å². The van der Waals surface area contributed by atoms with Gasteiger partial charge in [-0.15, -0.1) is 0 Å². The van der Waals surface area contributed by atoms with E-state index in [0.29, 0.717) is 25.3 Å². The van der Waals surface area contributed by atoms with Crippen LogP contribution in [0, 0.1) is 0 Å². The molecular weight excluding hydrogens is 282 g/mol. The Morgan fingerprint density at radius 1 is 1.14 bits per heavy atom. The second-order valence-corrected chi connectivity index (χ2v) is 4.90. The predicted octanol–water partition coefficient (Wildman–Crippen LogP) is 2.86. The summed E-state index contributed by atoms with van der Waals surface area (Å²) in [5.74, 6) is 1.21. The molecule has 5 nitrogen and oxygen atoms in total. The lowest BCUT2D eigenvalue weighted by Gasteiger charge is -2.19. The van der Waals surface area contributed by atoms with Crippen LogP contribution in [-0.4, -0.2) is 26.3 Å². The van der Waals surface area contributed by atoms with Crippen LogP contribution in [0.1, 0.15) is 15.9 Å². The molecule has 0 saturated heterocycles. The summed E-state index contributed by atoms with van der Waals surface area (Å²) in [5.41, 5.74) is 2.46. The summed E-state index contributed by atoms with van der Waals surface area (Å²) in [6, 6.07) is 13.1. The van der Waals surface area contributed by atoms with Crippen molar-refractivity contribution in [2.45, 2.75) is 6.54 Å². The van der Waals surface area contributed by atoms with Gasteiger partial charge in [0.1, 0.15) is 13.2 Å². The Morgan fingerprint density at radius 2 is 1.95 bits per heavy atom. The van der Waals surface area contributed by atoms with Crippen LogP contribution in [0.5, 0.6) is 11.5 Å². The molecular formula is C17H17NO4. The standard InChI is InChI=1S/C17H17NO4/c1-20-17(19)13-3-2-4-14(10-13)18-11-12-5-6-15-16(9-12)22-8-7-21-15/h2-6,9-10,18H,7-8,11H2,1H3. The zero-order valence-electron chi connectivity index (χ0n) is 12.3. The fourth-order valence-corrected chi connectivity index (χ4v) is 2.28. The number of carbonyl (C=O) groups excluding carboxylic acids is 1. The van der Waals surface area contributed by atoms with Gasteiger partial charge in [0.05, 0.1) is 12.7 Å². The van der Waals surface area contributed by atoms with E-state index >= 15 is 0 Å². The van der Waals surface area contributed by atoms with Crippen LogP contribution in [0.25, 0.3) is 0 Å². The van der Waals surface area contributed by atoms with Crippen LogP contribution in [0.4, 0.5) is 5.69 Å². The van der Waals surface area contributed by atoms with Crippen molar-refractivity contribution < 1.29 is 19.0 Å². The largest absolute Gasteiger partial charge is 0.486 e. The lowest BCUT2D eigenvalue weighted by molar-refractivity contribution is 0.0601. The van der Waals surface area contributed by atoms with E-state index in [4.69, 9.17) is 14.2 Å². The molecule has 1 N–H and O–H groups in total. The van der Waals surface area contributed by atoms with Gasteiger partial charge >= 0.3 is 5.97 Å². The lowest BCUT2D eigenvalue weighted by Crippen LogP contribution is -2.15. The first-order valence-corrected chi connectivity index (χ1v) is 7.07. The number of anilines is 1. The smallest absolute Gasteiger partial charge is 0.337 e. The Hall–Kier alpha value is -2.69. The van der Waals surface area contributed by atoms with Crippen LogP contribution in [0.3, 0.4) is 0 Å². The average Bonchev–Trinajstić information content (AvgIpc) is 2.59. The Kier molecular flexibility index (Phi) is 4.14. The van der Waals surface area contributed by atoms with Gasteiger partial charge in [0, 0.05) is 12.2 Å². The topological polar surface area (TPSA) is 56.8 Å². The van der Waals surface area contributed by atoms with E-state index in [1.807, 2.05) is 30.3 Å². The van der Waals surface area contributed by atoms with Gasteiger partial charge in [0.2, 0.25) is 0 Å². The van der Waals surface area contributed by atoms with E-state index in [1.54, 1.807) is 12.1 Å². The van der Waals surface area contributed by atoms with Gasteiger partial charge in [-0.25, -0.2) is 4.79 Å².